The van der Waals surface area contributed by atoms with Gasteiger partial charge >= 0.3 is 5.97 Å². The number of halogens is 1. The minimum Gasteiger partial charge on any atom is -0.486 e. The second-order valence-electron chi connectivity index (χ2n) is 5.84. The average molecular weight is 405 g/mol. The molecule has 1 aliphatic heterocycles. The molecule has 0 aliphatic carbocycles. The molecular formula is C19H17ClN2O6. The number of amides is 2. The Morgan fingerprint density at radius 1 is 1.04 bits per heavy atom. The van der Waals surface area contributed by atoms with E-state index in [1.807, 2.05) is 0 Å². The van der Waals surface area contributed by atoms with Gasteiger partial charge in [0.25, 0.3) is 11.8 Å². The second-order valence-corrected chi connectivity index (χ2v) is 6.25. The van der Waals surface area contributed by atoms with Crippen molar-refractivity contribution < 1.29 is 28.6 Å². The molecule has 8 nitrogen and oxygen atoms in total. The SMILES string of the molecule is C[C@@H](OC(=O)c1cc(Cl)c2c(c1)OCCO2)C(=O)NNC(=O)c1ccccc1. The van der Waals surface area contributed by atoms with E-state index in [0.29, 0.717) is 30.3 Å². The van der Waals surface area contributed by atoms with E-state index < -0.39 is 23.9 Å². The van der Waals surface area contributed by atoms with E-state index in [2.05, 4.69) is 10.9 Å². The van der Waals surface area contributed by atoms with Crippen LogP contribution >= 0.6 is 11.6 Å². The second kappa shape index (κ2) is 8.62. The van der Waals surface area contributed by atoms with Gasteiger partial charge in [0, 0.05) is 5.56 Å². The molecule has 0 aromatic heterocycles. The monoisotopic (exact) mass is 404 g/mol. The highest BCUT2D eigenvalue weighted by atomic mass is 35.5. The lowest BCUT2D eigenvalue weighted by Crippen LogP contribution is -2.46. The molecule has 1 heterocycles. The lowest BCUT2D eigenvalue weighted by Gasteiger charge is -2.20. The molecule has 0 bridgehead atoms. The summed E-state index contributed by atoms with van der Waals surface area (Å²) in [7, 11) is 0. The first-order valence-electron chi connectivity index (χ1n) is 8.41. The largest absolute Gasteiger partial charge is 0.486 e. The van der Waals surface area contributed by atoms with Crippen LogP contribution in [0, 0.1) is 0 Å². The summed E-state index contributed by atoms with van der Waals surface area (Å²) < 4.78 is 15.9. The summed E-state index contributed by atoms with van der Waals surface area (Å²) in [5.41, 5.74) is 4.95. The van der Waals surface area contributed by atoms with E-state index >= 15 is 0 Å². The third kappa shape index (κ3) is 4.52. The fraction of sp³-hybridized carbons (Fsp3) is 0.211. The van der Waals surface area contributed by atoms with Gasteiger partial charge in [-0.1, -0.05) is 29.8 Å². The number of hydrazine groups is 1. The molecule has 2 aromatic rings. The maximum atomic E-state index is 12.3. The number of carbonyl (C=O) groups excluding carboxylic acids is 3. The Balaban J connectivity index is 1.57. The van der Waals surface area contributed by atoms with Crippen LogP contribution in [-0.2, 0) is 9.53 Å². The van der Waals surface area contributed by atoms with E-state index in [1.165, 1.54) is 19.1 Å². The Kier molecular flexibility index (Phi) is 6.00. The summed E-state index contributed by atoms with van der Waals surface area (Å²) in [6.45, 7) is 2.08. The van der Waals surface area contributed by atoms with Gasteiger partial charge in [-0.15, -0.1) is 0 Å². The van der Waals surface area contributed by atoms with Gasteiger partial charge in [-0.3, -0.25) is 20.4 Å². The van der Waals surface area contributed by atoms with E-state index in [1.54, 1.807) is 30.3 Å². The number of ether oxygens (including phenoxy) is 3. The van der Waals surface area contributed by atoms with Crippen molar-refractivity contribution in [3.63, 3.8) is 0 Å². The number of hydrogen-bond acceptors (Lipinski definition) is 6. The number of nitrogens with one attached hydrogen (secondary N) is 2. The standard InChI is InChI=1S/C19H17ClN2O6/c1-11(17(23)21-22-18(24)12-5-3-2-4-6-12)28-19(25)13-9-14(20)16-15(10-13)26-7-8-27-16/h2-6,9-11H,7-8H2,1H3,(H,21,23)(H,22,24)/t11-/m1/s1. The smallest absolute Gasteiger partial charge is 0.339 e. The summed E-state index contributed by atoms with van der Waals surface area (Å²) in [4.78, 5) is 36.3. The van der Waals surface area contributed by atoms with Gasteiger partial charge in [0.15, 0.2) is 17.6 Å². The maximum absolute atomic E-state index is 12.3. The Morgan fingerprint density at radius 2 is 1.75 bits per heavy atom. The Hall–Kier alpha value is -3.26. The minimum absolute atomic E-state index is 0.113. The van der Waals surface area contributed by atoms with E-state index in [4.69, 9.17) is 25.8 Å². The van der Waals surface area contributed by atoms with Crippen LogP contribution in [0.3, 0.4) is 0 Å². The van der Waals surface area contributed by atoms with Crippen molar-refractivity contribution in [1.29, 1.82) is 0 Å². The molecule has 0 saturated heterocycles. The van der Waals surface area contributed by atoms with Crippen molar-refractivity contribution in [2.75, 3.05) is 13.2 Å². The van der Waals surface area contributed by atoms with Crippen molar-refractivity contribution in [2.45, 2.75) is 13.0 Å². The third-order valence-corrected chi connectivity index (χ3v) is 4.10. The highest BCUT2D eigenvalue weighted by molar-refractivity contribution is 6.32. The minimum atomic E-state index is -1.16. The van der Waals surface area contributed by atoms with Crippen LogP contribution in [-0.4, -0.2) is 37.1 Å². The van der Waals surface area contributed by atoms with Gasteiger partial charge in [0.1, 0.15) is 13.2 Å². The summed E-state index contributed by atoms with van der Waals surface area (Å²) in [6.07, 6.45) is -1.16. The molecule has 0 saturated carbocycles. The van der Waals surface area contributed by atoms with E-state index in [9.17, 15) is 14.4 Å². The number of esters is 1. The van der Waals surface area contributed by atoms with Crippen LogP contribution in [0.2, 0.25) is 5.02 Å². The van der Waals surface area contributed by atoms with Crippen molar-refractivity contribution in [3.05, 3.63) is 58.6 Å². The zero-order chi connectivity index (χ0) is 20.1. The number of carbonyl (C=O) groups is 3. The molecule has 28 heavy (non-hydrogen) atoms. The van der Waals surface area contributed by atoms with Gasteiger partial charge in [-0.2, -0.15) is 0 Å². The highest BCUT2D eigenvalue weighted by Gasteiger charge is 2.23. The zero-order valence-corrected chi connectivity index (χ0v) is 15.6. The van der Waals surface area contributed by atoms with Crippen LogP contribution in [0.4, 0.5) is 0 Å². The van der Waals surface area contributed by atoms with Crippen molar-refractivity contribution in [1.82, 2.24) is 10.9 Å². The lowest BCUT2D eigenvalue weighted by molar-refractivity contribution is -0.129. The van der Waals surface area contributed by atoms with Crippen LogP contribution < -0.4 is 20.3 Å². The van der Waals surface area contributed by atoms with Crippen LogP contribution in [0.1, 0.15) is 27.6 Å². The normalized spacial score (nSPS) is 13.2. The van der Waals surface area contributed by atoms with E-state index in [-0.39, 0.29) is 10.6 Å². The topological polar surface area (TPSA) is 103 Å². The molecule has 1 atom stereocenters. The number of fused-ring (bicyclic) bond motifs is 1. The first-order valence-corrected chi connectivity index (χ1v) is 8.79. The zero-order valence-electron chi connectivity index (χ0n) is 14.9. The maximum Gasteiger partial charge on any atom is 0.339 e. The number of hydrogen-bond donors (Lipinski definition) is 2. The number of benzene rings is 2. The molecule has 2 N–H and O–H groups in total. The lowest BCUT2D eigenvalue weighted by atomic mass is 10.2. The summed E-state index contributed by atoms with van der Waals surface area (Å²) in [5, 5.41) is 0.205. The van der Waals surface area contributed by atoms with Crippen LogP contribution in [0.15, 0.2) is 42.5 Å². The first kappa shape index (κ1) is 19.5. The molecule has 2 amide bonds. The Bertz CT molecular complexity index is 903. The molecule has 9 heteroatoms. The fourth-order valence-corrected chi connectivity index (χ4v) is 2.66. The first-order chi connectivity index (χ1) is 13.5. The molecule has 3 rings (SSSR count). The molecular weight excluding hydrogens is 388 g/mol. The Morgan fingerprint density at radius 3 is 2.50 bits per heavy atom. The molecule has 0 spiro atoms. The third-order valence-electron chi connectivity index (χ3n) is 3.82. The number of rotatable bonds is 4. The van der Waals surface area contributed by atoms with Gasteiger partial charge in [0.05, 0.1) is 10.6 Å². The highest BCUT2D eigenvalue weighted by Crippen LogP contribution is 2.38. The molecule has 0 radical (unpaired) electrons. The predicted molar refractivity (Wildman–Crippen MR) is 99.4 cm³/mol. The summed E-state index contributed by atoms with van der Waals surface area (Å²) in [5.74, 6) is -1.26. The molecule has 146 valence electrons. The molecule has 0 unspecified atom stereocenters. The summed E-state index contributed by atoms with van der Waals surface area (Å²) >= 11 is 6.09. The quantitative estimate of drug-likeness (QED) is 0.597. The van der Waals surface area contributed by atoms with Gasteiger partial charge in [0.2, 0.25) is 0 Å². The van der Waals surface area contributed by atoms with Crippen molar-refractivity contribution in [2.24, 2.45) is 0 Å². The van der Waals surface area contributed by atoms with Gasteiger partial charge in [-0.05, 0) is 31.2 Å². The fourth-order valence-electron chi connectivity index (χ4n) is 2.39. The van der Waals surface area contributed by atoms with Gasteiger partial charge in [-0.25, -0.2) is 4.79 Å². The van der Waals surface area contributed by atoms with E-state index in [0.717, 1.165) is 0 Å². The van der Waals surface area contributed by atoms with Crippen LogP contribution in [0.5, 0.6) is 11.5 Å². The average Bonchev–Trinajstić information content (AvgIpc) is 2.72. The molecule has 2 aromatic carbocycles. The van der Waals surface area contributed by atoms with Crippen molar-refractivity contribution in [3.8, 4) is 11.5 Å². The Labute approximate surface area is 165 Å². The molecule has 1 aliphatic rings. The predicted octanol–water partition coefficient (Wildman–Crippen LogP) is 2.12. The summed E-state index contributed by atoms with van der Waals surface area (Å²) in [6, 6.07) is 11.1. The van der Waals surface area contributed by atoms with Crippen LogP contribution in [0.25, 0.3) is 0 Å². The van der Waals surface area contributed by atoms with Gasteiger partial charge < -0.3 is 14.2 Å². The molecule has 0 fully saturated rings. The van der Waals surface area contributed by atoms with Crippen molar-refractivity contribution >= 4 is 29.4 Å².